The van der Waals surface area contributed by atoms with Crippen molar-refractivity contribution >= 4 is 41.0 Å². The number of anilines is 1. The van der Waals surface area contributed by atoms with Crippen LogP contribution in [0.5, 0.6) is 5.75 Å². The van der Waals surface area contributed by atoms with Gasteiger partial charge in [-0.1, -0.05) is 11.6 Å². The molecule has 9 nitrogen and oxygen atoms in total. The van der Waals surface area contributed by atoms with E-state index in [2.05, 4.69) is 16.0 Å². The molecule has 0 aliphatic rings. The Hall–Kier alpha value is -2.81. The summed E-state index contributed by atoms with van der Waals surface area (Å²) >= 11 is 5.92. The van der Waals surface area contributed by atoms with E-state index >= 15 is 0 Å². The van der Waals surface area contributed by atoms with Gasteiger partial charge in [-0.15, -0.1) is 0 Å². The summed E-state index contributed by atoms with van der Waals surface area (Å²) in [7, 11) is 0. The zero-order valence-electron chi connectivity index (χ0n) is 12.7. The molecule has 1 rings (SSSR count). The Kier molecular flexibility index (Phi) is 7.50. The molecule has 0 spiro atoms. The molecule has 1 aromatic rings. The minimum atomic E-state index is -1.14. The number of nitrogens with one attached hydrogen (secondary N) is 3. The molecular weight excluding hydrogens is 342 g/mol. The van der Waals surface area contributed by atoms with Gasteiger partial charge in [-0.3, -0.25) is 14.4 Å². The lowest BCUT2D eigenvalue weighted by atomic mass is 10.3. The summed E-state index contributed by atoms with van der Waals surface area (Å²) in [5.41, 5.74) is 0.351. The first-order valence-electron chi connectivity index (χ1n) is 6.73. The molecule has 10 heteroatoms. The van der Waals surface area contributed by atoms with E-state index in [1.165, 1.54) is 25.1 Å². The van der Waals surface area contributed by atoms with Crippen molar-refractivity contribution in [3.8, 4) is 5.75 Å². The van der Waals surface area contributed by atoms with Gasteiger partial charge < -0.3 is 25.8 Å². The third kappa shape index (κ3) is 7.45. The van der Waals surface area contributed by atoms with Crippen molar-refractivity contribution in [2.24, 2.45) is 0 Å². The molecule has 0 fully saturated rings. The molecule has 0 saturated carbocycles. The first kappa shape index (κ1) is 19.2. The van der Waals surface area contributed by atoms with Crippen LogP contribution in [-0.2, 0) is 19.2 Å². The number of carbonyl (C=O) groups is 4. The minimum absolute atomic E-state index is 0.128. The molecule has 130 valence electrons. The van der Waals surface area contributed by atoms with Crippen molar-refractivity contribution in [1.82, 2.24) is 10.6 Å². The summed E-state index contributed by atoms with van der Waals surface area (Å²) in [5, 5.41) is 15.8. The lowest BCUT2D eigenvalue weighted by molar-refractivity contribution is -0.139. The van der Waals surface area contributed by atoms with Crippen LogP contribution in [0.1, 0.15) is 6.92 Å². The van der Waals surface area contributed by atoms with Crippen molar-refractivity contribution < 1.29 is 29.0 Å². The Labute approximate surface area is 142 Å². The van der Waals surface area contributed by atoms with Crippen LogP contribution in [0.4, 0.5) is 5.69 Å². The Morgan fingerprint density at radius 2 is 1.79 bits per heavy atom. The van der Waals surface area contributed by atoms with Gasteiger partial charge >= 0.3 is 5.97 Å². The highest BCUT2D eigenvalue weighted by atomic mass is 35.5. The average molecular weight is 358 g/mol. The Balaban J connectivity index is 2.46. The van der Waals surface area contributed by atoms with Gasteiger partial charge in [-0.25, -0.2) is 4.79 Å². The molecular formula is C14H16ClN3O6. The number of carboxylic acid groups (broad SMARTS) is 1. The molecule has 0 aromatic heterocycles. The van der Waals surface area contributed by atoms with Crippen LogP contribution in [0.3, 0.4) is 0 Å². The Bertz CT molecular complexity index is 649. The maximum absolute atomic E-state index is 11.7. The zero-order valence-corrected chi connectivity index (χ0v) is 13.5. The first-order valence-corrected chi connectivity index (χ1v) is 7.11. The number of benzene rings is 1. The second kappa shape index (κ2) is 9.36. The molecule has 0 bridgehead atoms. The average Bonchev–Trinajstić information content (AvgIpc) is 2.50. The number of hydrogen-bond donors (Lipinski definition) is 4. The smallest absolute Gasteiger partial charge is 0.341 e. The third-order valence-corrected chi connectivity index (χ3v) is 2.81. The summed E-state index contributed by atoms with van der Waals surface area (Å²) < 4.78 is 4.95. The number of ether oxygens (including phenoxy) is 1. The molecule has 24 heavy (non-hydrogen) atoms. The van der Waals surface area contributed by atoms with E-state index in [0.29, 0.717) is 5.69 Å². The van der Waals surface area contributed by atoms with Crippen molar-refractivity contribution in [3.05, 3.63) is 23.2 Å². The van der Waals surface area contributed by atoms with Crippen molar-refractivity contribution in [3.63, 3.8) is 0 Å². The highest BCUT2D eigenvalue weighted by molar-refractivity contribution is 6.32. The van der Waals surface area contributed by atoms with E-state index in [0.717, 1.165) is 0 Å². The lowest BCUT2D eigenvalue weighted by Gasteiger charge is -2.10. The van der Waals surface area contributed by atoms with E-state index in [9.17, 15) is 19.2 Å². The molecule has 0 saturated heterocycles. The van der Waals surface area contributed by atoms with Gasteiger partial charge in [-0.2, -0.15) is 0 Å². The SMILES string of the molecule is CC(=O)NCC(=O)NCC(=O)Nc1ccc(OCC(=O)O)c(Cl)c1. The summed E-state index contributed by atoms with van der Waals surface area (Å²) in [5.74, 6) is -2.33. The molecule has 0 heterocycles. The van der Waals surface area contributed by atoms with E-state index in [1.807, 2.05) is 0 Å². The fourth-order valence-electron chi connectivity index (χ4n) is 1.49. The van der Waals surface area contributed by atoms with Gasteiger partial charge in [0.05, 0.1) is 18.1 Å². The molecule has 3 amide bonds. The third-order valence-electron chi connectivity index (χ3n) is 2.51. The van der Waals surface area contributed by atoms with Crippen molar-refractivity contribution in [1.29, 1.82) is 0 Å². The second-order valence-corrected chi connectivity index (χ2v) is 4.97. The van der Waals surface area contributed by atoms with Crippen LogP contribution >= 0.6 is 11.6 Å². The largest absolute Gasteiger partial charge is 0.480 e. The molecule has 0 radical (unpaired) electrons. The maximum atomic E-state index is 11.7. The number of aliphatic carboxylic acids is 1. The van der Waals surface area contributed by atoms with Gasteiger partial charge in [0.2, 0.25) is 17.7 Å². The van der Waals surface area contributed by atoms with Gasteiger partial charge in [0, 0.05) is 12.6 Å². The maximum Gasteiger partial charge on any atom is 0.341 e. The number of amides is 3. The summed E-state index contributed by atoms with van der Waals surface area (Å²) in [4.78, 5) is 44.1. The molecule has 0 atom stereocenters. The highest BCUT2D eigenvalue weighted by Gasteiger charge is 2.09. The van der Waals surface area contributed by atoms with Crippen LogP contribution in [0.15, 0.2) is 18.2 Å². The fraction of sp³-hybridized carbons (Fsp3) is 0.286. The normalized spacial score (nSPS) is 9.75. The monoisotopic (exact) mass is 357 g/mol. The zero-order chi connectivity index (χ0) is 18.1. The van der Waals surface area contributed by atoms with Crippen molar-refractivity contribution in [2.45, 2.75) is 6.92 Å². The van der Waals surface area contributed by atoms with Gasteiger partial charge in [-0.05, 0) is 18.2 Å². The van der Waals surface area contributed by atoms with E-state index in [1.54, 1.807) is 0 Å². The predicted octanol–water partition coefficient (Wildman–Crippen LogP) is -0.00580. The number of carboxylic acids is 1. The van der Waals surface area contributed by atoms with Crippen LogP contribution in [0.2, 0.25) is 5.02 Å². The van der Waals surface area contributed by atoms with Crippen LogP contribution in [0, 0.1) is 0 Å². The highest BCUT2D eigenvalue weighted by Crippen LogP contribution is 2.27. The molecule has 0 unspecified atom stereocenters. The molecule has 0 aliphatic carbocycles. The van der Waals surface area contributed by atoms with Crippen molar-refractivity contribution in [2.75, 3.05) is 25.0 Å². The first-order chi connectivity index (χ1) is 11.3. The summed E-state index contributed by atoms with van der Waals surface area (Å²) in [6.45, 7) is 0.233. The standard InChI is InChI=1S/C14H16ClN3O6/c1-8(19)16-5-12(20)17-6-13(21)18-9-2-3-11(10(15)4-9)24-7-14(22)23/h2-4H,5-7H2,1H3,(H,16,19)(H,17,20)(H,18,21)(H,22,23). The van der Waals surface area contributed by atoms with Gasteiger partial charge in [0.25, 0.3) is 0 Å². The second-order valence-electron chi connectivity index (χ2n) is 4.56. The van der Waals surface area contributed by atoms with Crippen LogP contribution in [-0.4, -0.2) is 48.5 Å². The Morgan fingerprint density at radius 3 is 2.38 bits per heavy atom. The summed E-state index contributed by atoms with van der Waals surface area (Å²) in [6.07, 6.45) is 0. The number of carbonyl (C=O) groups excluding carboxylic acids is 3. The number of rotatable bonds is 8. The lowest BCUT2D eigenvalue weighted by Crippen LogP contribution is -2.39. The van der Waals surface area contributed by atoms with Gasteiger partial charge in [0.15, 0.2) is 6.61 Å². The number of halogens is 1. The van der Waals surface area contributed by atoms with E-state index < -0.39 is 24.4 Å². The molecule has 4 N–H and O–H groups in total. The minimum Gasteiger partial charge on any atom is -0.480 e. The molecule has 0 aliphatic heterocycles. The number of hydrogen-bond acceptors (Lipinski definition) is 5. The van der Waals surface area contributed by atoms with Crippen LogP contribution in [0.25, 0.3) is 0 Å². The van der Waals surface area contributed by atoms with E-state index in [-0.39, 0.29) is 29.8 Å². The fourth-order valence-corrected chi connectivity index (χ4v) is 1.72. The van der Waals surface area contributed by atoms with Gasteiger partial charge in [0.1, 0.15) is 5.75 Å². The van der Waals surface area contributed by atoms with Crippen LogP contribution < -0.4 is 20.7 Å². The quantitative estimate of drug-likeness (QED) is 0.517. The van der Waals surface area contributed by atoms with E-state index in [4.69, 9.17) is 21.4 Å². The Morgan fingerprint density at radius 1 is 1.12 bits per heavy atom. The molecule has 1 aromatic carbocycles. The summed E-state index contributed by atoms with van der Waals surface area (Å²) in [6, 6.07) is 4.27. The topological polar surface area (TPSA) is 134 Å². The predicted molar refractivity (Wildman–Crippen MR) is 84.9 cm³/mol.